The number of primary amides is 1. The van der Waals surface area contributed by atoms with Crippen LogP contribution in [0, 0.1) is 11.3 Å². The second kappa shape index (κ2) is 4.96. The zero-order valence-corrected chi connectivity index (χ0v) is 12.5. The van der Waals surface area contributed by atoms with E-state index in [9.17, 15) is 4.79 Å². The van der Waals surface area contributed by atoms with Crippen LogP contribution in [0.2, 0.25) is 0 Å². The minimum Gasteiger partial charge on any atom is -0.369 e. The first-order chi connectivity index (χ1) is 10.7. The maximum absolute atomic E-state index is 12.3. The number of carbonyl (C=O) groups excluding carboxylic acids is 1. The lowest BCUT2D eigenvalue weighted by atomic mass is 9.63. The number of rotatable bonds is 2. The molecular weight excluding hydrogens is 272 g/mol. The van der Waals surface area contributed by atoms with Crippen LogP contribution in [-0.4, -0.2) is 12.5 Å². The first kappa shape index (κ1) is 13.5. The highest BCUT2D eigenvalue weighted by Gasteiger charge is 2.54. The molecular formula is C19H20N2O. The Bertz CT molecular complexity index is 712. The molecule has 1 aliphatic heterocycles. The number of hydrogen-bond acceptors (Lipinski definition) is 2. The highest BCUT2D eigenvalue weighted by atomic mass is 16.1. The van der Waals surface area contributed by atoms with Gasteiger partial charge in [0.1, 0.15) is 0 Å². The molecule has 2 aromatic rings. The third-order valence-corrected chi connectivity index (χ3v) is 5.46. The Labute approximate surface area is 130 Å². The largest absolute Gasteiger partial charge is 0.369 e. The Morgan fingerprint density at radius 3 is 2.45 bits per heavy atom. The molecule has 1 fully saturated rings. The van der Waals surface area contributed by atoms with Crippen molar-refractivity contribution in [3.05, 3.63) is 71.3 Å². The van der Waals surface area contributed by atoms with Gasteiger partial charge in [-0.25, -0.2) is 0 Å². The van der Waals surface area contributed by atoms with E-state index in [1.54, 1.807) is 0 Å². The monoisotopic (exact) mass is 292 g/mol. The van der Waals surface area contributed by atoms with Crippen LogP contribution in [0.1, 0.15) is 22.7 Å². The molecule has 3 N–H and O–H groups in total. The van der Waals surface area contributed by atoms with E-state index in [4.69, 9.17) is 5.73 Å². The number of benzene rings is 2. The number of amides is 1. The summed E-state index contributed by atoms with van der Waals surface area (Å²) in [6.45, 7) is 0.668. The van der Waals surface area contributed by atoms with Crippen LogP contribution in [0.15, 0.2) is 54.6 Å². The van der Waals surface area contributed by atoms with Gasteiger partial charge in [0.05, 0.1) is 5.41 Å². The molecule has 0 aromatic heterocycles. The van der Waals surface area contributed by atoms with E-state index < -0.39 is 5.41 Å². The van der Waals surface area contributed by atoms with Gasteiger partial charge in [0.25, 0.3) is 0 Å². The Hall–Kier alpha value is -2.13. The Morgan fingerprint density at radius 2 is 1.73 bits per heavy atom. The average Bonchev–Trinajstić information content (AvgIpc) is 2.93. The summed E-state index contributed by atoms with van der Waals surface area (Å²) in [5.74, 6) is 0.0558. The third-order valence-electron chi connectivity index (χ3n) is 5.46. The van der Waals surface area contributed by atoms with Crippen molar-refractivity contribution in [2.75, 3.05) is 6.54 Å². The first-order valence-corrected chi connectivity index (χ1v) is 7.86. The van der Waals surface area contributed by atoms with Crippen LogP contribution < -0.4 is 11.1 Å². The van der Waals surface area contributed by atoms with Crippen LogP contribution in [0.3, 0.4) is 0 Å². The minimum absolute atomic E-state index is 0.169. The van der Waals surface area contributed by atoms with Gasteiger partial charge in [-0.2, -0.15) is 0 Å². The smallest absolute Gasteiger partial charge is 0.225 e. The van der Waals surface area contributed by atoms with E-state index in [2.05, 4.69) is 47.8 Å². The van der Waals surface area contributed by atoms with Gasteiger partial charge in [-0.05, 0) is 35.4 Å². The van der Waals surface area contributed by atoms with Gasteiger partial charge in [0.15, 0.2) is 0 Å². The maximum Gasteiger partial charge on any atom is 0.225 e. The van der Waals surface area contributed by atoms with Gasteiger partial charge >= 0.3 is 0 Å². The summed E-state index contributed by atoms with van der Waals surface area (Å²) in [5, 5.41) is 3.57. The summed E-state index contributed by atoms with van der Waals surface area (Å²) in [5.41, 5.74) is 9.27. The molecule has 3 atom stereocenters. The normalized spacial score (nSPS) is 29.6. The fourth-order valence-corrected chi connectivity index (χ4v) is 4.26. The van der Waals surface area contributed by atoms with Crippen molar-refractivity contribution in [3.8, 4) is 0 Å². The average molecular weight is 292 g/mol. The van der Waals surface area contributed by atoms with Crippen LogP contribution in [0.4, 0.5) is 0 Å². The van der Waals surface area contributed by atoms with Gasteiger partial charge in [-0.3, -0.25) is 4.79 Å². The van der Waals surface area contributed by atoms with Crippen molar-refractivity contribution >= 4 is 5.91 Å². The molecule has 1 saturated heterocycles. The summed E-state index contributed by atoms with van der Waals surface area (Å²) in [4.78, 5) is 12.3. The van der Waals surface area contributed by atoms with E-state index in [0.717, 1.165) is 12.8 Å². The lowest BCUT2D eigenvalue weighted by Gasteiger charge is -2.39. The molecule has 112 valence electrons. The summed E-state index contributed by atoms with van der Waals surface area (Å²) in [6.07, 6.45) is 1.66. The van der Waals surface area contributed by atoms with Crippen molar-refractivity contribution in [2.45, 2.75) is 18.9 Å². The van der Waals surface area contributed by atoms with Crippen molar-refractivity contribution in [2.24, 2.45) is 17.1 Å². The highest BCUT2D eigenvalue weighted by Crippen LogP contribution is 2.49. The first-order valence-electron chi connectivity index (χ1n) is 7.86. The zero-order chi connectivity index (χ0) is 15.2. The van der Waals surface area contributed by atoms with Crippen LogP contribution in [0.5, 0.6) is 0 Å². The second-order valence-electron chi connectivity index (χ2n) is 6.55. The summed E-state index contributed by atoms with van der Waals surface area (Å²) in [6, 6.07) is 19.0. The van der Waals surface area contributed by atoms with Crippen LogP contribution in [-0.2, 0) is 17.6 Å². The maximum atomic E-state index is 12.3. The fraction of sp³-hybridized carbons (Fsp3) is 0.316. The quantitative estimate of drug-likeness (QED) is 0.891. The molecule has 4 rings (SSSR count). The Balaban J connectivity index is 1.79. The highest BCUT2D eigenvalue weighted by molar-refractivity contribution is 5.83. The Kier molecular flexibility index (Phi) is 3.05. The molecule has 22 heavy (non-hydrogen) atoms. The number of carbonyl (C=O) groups is 1. The molecule has 0 radical (unpaired) electrons. The topological polar surface area (TPSA) is 55.1 Å². The molecule has 1 amide bonds. The molecule has 2 aromatic carbocycles. The predicted octanol–water partition coefficient (Wildman–Crippen LogP) is 2.22. The Morgan fingerprint density at radius 1 is 1.05 bits per heavy atom. The molecule has 0 saturated carbocycles. The number of nitrogens with two attached hydrogens (primary N) is 1. The SMILES string of the molecule is NC(=O)C12CNC(c3ccccc3)C1Cc1ccccc1C2. The van der Waals surface area contributed by atoms with E-state index in [1.165, 1.54) is 16.7 Å². The third kappa shape index (κ3) is 1.89. The second-order valence-corrected chi connectivity index (χ2v) is 6.55. The standard InChI is InChI=1S/C19H20N2O/c20-18(22)19-11-15-9-5-4-8-14(15)10-16(19)17(21-12-19)13-6-2-1-3-7-13/h1-9,16-17,21H,10-12H2,(H2,20,22). The van der Waals surface area contributed by atoms with Crippen molar-refractivity contribution < 1.29 is 4.79 Å². The van der Waals surface area contributed by atoms with Gasteiger partial charge in [-0.15, -0.1) is 0 Å². The molecule has 3 heteroatoms. The summed E-state index contributed by atoms with van der Waals surface area (Å²) < 4.78 is 0. The minimum atomic E-state index is -0.463. The molecule has 1 aliphatic carbocycles. The summed E-state index contributed by atoms with van der Waals surface area (Å²) in [7, 11) is 0. The van der Waals surface area contributed by atoms with Crippen molar-refractivity contribution in [3.63, 3.8) is 0 Å². The molecule has 3 nitrogen and oxygen atoms in total. The summed E-state index contributed by atoms with van der Waals surface area (Å²) >= 11 is 0. The molecule has 2 aliphatic rings. The number of hydrogen-bond donors (Lipinski definition) is 2. The molecule has 3 unspecified atom stereocenters. The van der Waals surface area contributed by atoms with E-state index in [0.29, 0.717) is 6.54 Å². The van der Waals surface area contributed by atoms with Gasteiger partial charge in [0.2, 0.25) is 5.91 Å². The molecule has 1 heterocycles. The van der Waals surface area contributed by atoms with Crippen molar-refractivity contribution in [1.82, 2.24) is 5.32 Å². The fourth-order valence-electron chi connectivity index (χ4n) is 4.26. The zero-order valence-electron chi connectivity index (χ0n) is 12.5. The lowest BCUT2D eigenvalue weighted by Crippen LogP contribution is -2.48. The van der Waals surface area contributed by atoms with Crippen LogP contribution >= 0.6 is 0 Å². The number of fused-ring (bicyclic) bond motifs is 2. The van der Waals surface area contributed by atoms with Crippen LogP contribution in [0.25, 0.3) is 0 Å². The molecule has 0 bridgehead atoms. The van der Waals surface area contributed by atoms with E-state index in [1.807, 2.05) is 12.1 Å². The van der Waals surface area contributed by atoms with E-state index >= 15 is 0 Å². The van der Waals surface area contributed by atoms with E-state index in [-0.39, 0.29) is 17.9 Å². The lowest BCUT2D eigenvalue weighted by molar-refractivity contribution is -0.129. The van der Waals surface area contributed by atoms with Gasteiger partial charge in [0, 0.05) is 12.6 Å². The van der Waals surface area contributed by atoms with Gasteiger partial charge < -0.3 is 11.1 Å². The number of nitrogens with one attached hydrogen (secondary N) is 1. The predicted molar refractivity (Wildman–Crippen MR) is 86.2 cm³/mol. The van der Waals surface area contributed by atoms with Gasteiger partial charge in [-0.1, -0.05) is 54.6 Å². The van der Waals surface area contributed by atoms with Crippen molar-refractivity contribution in [1.29, 1.82) is 0 Å². The molecule has 0 spiro atoms.